The molecule has 0 aliphatic rings. The molecule has 0 aliphatic heterocycles. The number of benzene rings is 8. The van der Waals surface area contributed by atoms with Gasteiger partial charge in [-0.3, -0.25) is 4.79 Å². The lowest BCUT2D eigenvalue weighted by molar-refractivity contribution is 0.0724. The number of carbonyl (C=O) groups excluding carboxylic acids is 4. The number of esters is 3. The molecule has 0 aliphatic carbocycles. The van der Waals surface area contributed by atoms with Crippen molar-refractivity contribution >= 4 is 23.7 Å². The molecule has 10 heteroatoms. The van der Waals surface area contributed by atoms with E-state index < -0.39 is 17.9 Å². The van der Waals surface area contributed by atoms with Gasteiger partial charge in [-0.15, -0.1) is 0 Å². The predicted molar refractivity (Wildman–Crippen MR) is 263 cm³/mol. The van der Waals surface area contributed by atoms with E-state index in [4.69, 9.17) is 28.4 Å². The van der Waals surface area contributed by atoms with Gasteiger partial charge in [0.25, 0.3) is 0 Å². The fourth-order valence-corrected chi connectivity index (χ4v) is 7.50. The smallest absolute Gasteiger partial charge is 0.343 e. The van der Waals surface area contributed by atoms with Crippen molar-refractivity contribution in [3.05, 3.63) is 238 Å². The van der Waals surface area contributed by atoms with Crippen LogP contribution in [0, 0.1) is 13.8 Å². The van der Waals surface area contributed by atoms with E-state index in [0.717, 1.165) is 33.6 Å². The average Bonchev–Trinajstić information content (AvgIpc) is 3.36. The van der Waals surface area contributed by atoms with Crippen molar-refractivity contribution in [3.63, 3.8) is 0 Å². The monoisotopic (exact) mass is 916 g/mol. The van der Waals surface area contributed by atoms with Crippen molar-refractivity contribution in [2.24, 2.45) is 0 Å². The molecule has 8 aromatic rings. The second-order valence-electron chi connectivity index (χ2n) is 16.5. The van der Waals surface area contributed by atoms with Crippen LogP contribution >= 0.6 is 0 Å². The highest BCUT2D eigenvalue weighted by Crippen LogP contribution is 2.32. The van der Waals surface area contributed by atoms with E-state index in [0.29, 0.717) is 68.9 Å². The molecule has 0 heterocycles. The van der Waals surface area contributed by atoms with Crippen LogP contribution in [0.1, 0.15) is 94.6 Å². The van der Waals surface area contributed by atoms with Gasteiger partial charge in [-0.05, 0) is 194 Å². The van der Waals surface area contributed by atoms with E-state index in [9.17, 15) is 19.2 Å². The second kappa shape index (κ2) is 21.3. The topological polar surface area (TPSA) is 124 Å². The van der Waals surface area contributed by atoms with Crippen LogP contribution < -0.4 is 28.4 Å². The highest BCUT2D eigenvalue weighted by molar-refractivity contribution is 5.94. The fourth-order valence-electron chi connectivity index (χ4n) is 7.50. The van der Waals surface area contributed by atoms with Crippen LogP contribution in [0.15, 0.2) is 182 Å². The summed E-state index contributed by atoms with van der Waals surface area (Å²) in [6.45, 7) is 7.60. The first-order valence-corrected chi connectivity index (χ1v) is 22.2. The number of hydrogen-bond donors (Lipinski definition) is 0. The second-order valence-corrected chi connectivity index (χ2v) is 16.5. The lowest BCUT2D eigenvalue weighted by atomic mass is 9.91. The molecule has 0 saturated carbocycles. The summed E-state index contributed by atoms with van der Waals surface area (Å²) in [5, 5.41) is 0. The van der Waals surface area contributed by atoms with Gasteiger partial charge < -0.3 is 28.4 Å². The highest BCUT2D eigenvalue weighted by Gasteiger charge is 2.16. The van der Waals surface area contributed by atoms with Gasteiger partial charge in [0.05, 0.1) is 23.8 Å². The summed E-state index contributed by atoms with van der Waals surface area (Å²) in [5.41, 5.74) is 7.89. The molecular weight excluding hydrogens is 869 g/mol. The van der Waals surface area contributed by atoms with Crippen LogP contribution in [-0.2, 0) is 6.42 Å². The molecule has 0 saturated heterocycles. The van der Waals surface area contributed by atoms with Gasteiger partial charge in [0, 0.05) is 11.5 Å². The predicted octanol–water partition coefficient (Wildman–Crippen LogP) is 13.5. The van der Waals surface area contributed by atoms with Crippen molar-refractivity contribution in [2.45, 2.75) is 40.0 Å². The van der Waals surface area contributed by atoms with E-state index in [1.54, 1.807) is 128 Å². The number of methoxy groups -OCH3 is 1. The fraction of sp³-hybridized carbons (Fsp3) is 0.119. The van der Waals surface area contributed by atoms with Crippen molar-refractivity contribution < 1.29 is 47.6 Å². The molecule has 0 fully saturated rings. The Labute approximate surface area is 400 Å². The maximum atomic E-state index is 13.1. The minimum absolute atomic E-state index is 0.0223. The van der Waals surface area contributed by atoms with Gasteiger partial charge >= 0.3 is 17.9 Å². The summed E-state index contributed by atoms with van der Waals surface area (Å²) >= 11 is 0. The third kappa shape index (κ3) is 12.0. The van der Waals surface area contributed by atoms with Gasteiger partial charge in [0.1, 0.15) is 46.0 Å². The van der Waals surface area contributed by atoms with E-state index in [1.165, 1.54) is 12.5 Å². The molecule has 0 amide bonds. The standard InChI is InChI=1S/C59H48O10/c1-37-34-47(18-32-55(37)64-5)39(3)48-19-33-56(38(2)35-48)69-59(63)46-16-30-52(31-17-46)66-51-28-14-45(15-29-51)58(62)68-54-22-8-42(9-23-54)36-41-6-20-53(21-7-41)67-57(61)44-12-26-50(27-13-44)65-49-24-10-43(11-25-49)40(4)60/h6-35,39H,36H2,1-5H3. The summed E-state index contributed by atoms with van der Waals surface area (Å²) in [5.74, 6) is 2.89. The Morgan fingerprint density at radius 2 is 0.739 bits per heavy atom. The number of hydrogen-bond acceptors (Lipinski definition) is 10. The lowest BCUT2D eigenvalue weighted by Crippen LogP contribution is -2.09. The summed E-state index contributed by atoms with van der Waals surface area (Å²) in [4.78, 5) is 50.4. The van der Waals surface area contributed by atoms with E-state index >= 15 is 0 Å². The Kier molecular flexibility index (Phi) is 14.4. The zero-order valence-electron chi connectivity index (χ0n) is 38.7. The van der Waals surface area contributed by atoms with Crippen LogP contribution in [-0.4, -0.2) is 30.8 Å². The third-order valence-electron chi connectivity index (χ3n) is 11.5. The molecule has 1 atom stereocenters. The Hall–Kier alpha value is -8.76. The zero-order chi connectivity index (χ0) is 48.4. The Balaban J connectivity index is 0.773. The van der Waals surface area contributed by atoms with Crippen LogP contribution in [0.2, 0.25) is 0 Å². The lowest BCUT2D eigenvalue weighted by Gasteiger charge is -2.16. The van der Waals surface area contributed by atoms with Gasteiger partial charge in [0.2, 0.25) is 0 Å². The van der Waals surface area contributed by atoms with Gasteiger partial charge in [-0.2, -0.15) is 0 Å². The molecule has 10 nitrogen and oxygen atoms in total. The van der Waals surface area contributed by atoms with Crippen molar-refractivity contribution in [1.29, 1.82) is 0 Å². The molecule has 0 spiro atoms. The Morgan fingerprint density at radius 3 is 1.09 bits per heavy atom. The first-order chi connectivity index (χ1) is 33.4. The minimum atomic E-state index is -0.518. The molecule has 0 aromatic heterocycles. The maximum Gasteiger partial charge on any atom is 0.343 e. The van der Waals surface area contributed by atoms with E-state index in [1.807, 2.05) is 62.4 Å². The van der Waals surface area contributed by atoms with Gasteiger partial charge in [-0.25, -0.2) is 14.4 Å². The average molecular weight is 917 g/mol. The first-order valence-electron chi connectivity index (χ1n) is 22.2. The van der Waals surface area contributed by atoms with Gasteiger partial charge in [-0.1, -0.05) is 55.5 Å². The van der Waals surface area contributed by atoms with Gasteiger partial charge in [0.15, 0.2) is 5.78 Å². The van der Waals surface area contributed by atoms with Crippen LogP contribution in [0.4, 0.5) is 0 Å². The summed E-state index contributed by atoms with van der Waals surface area (Å²) in [6, 6.07) is 53.2. The molecule has 69 heavy (non-hydrogen) atoms. The number of ether oxygens (including phenoxy) is 6. The number of ketones is 1. The molecule has 1 unspecified atom stereocenters. The van der Waals surface area contributed by atoms with Crippen LogP contribution in [0.25, 0.3) is 0 Å². The molecule has 8 rings (SSSR count). The number of rotatable bonds is 16. The number of carbonyl (C=O) groups is 4. The molecule has 344 valence electrons. The quantitative estimate of drug-likeness (QED) is 0.0526. The highest BCUT2D eigenvalue weighted by atomic mass is 16.5. The van der Waals surface area contributed by atoms with Crippen LogP contribution in [0.5, 0.6) is 46.0 Å². The van der Waals surface area contributed by atoms with Crippen molar-refractivity contribution in [3.8, 4) is 46.0 Å². The molecule has 0 bridgehead atoms. The van der Waals surface area contributed by atoms with E-state index in [-0.39, 0.29) is 11.7 Å². The molecule has 0 radical (unpaired) electrons. The molecular formula is C59H48O10. The number of aryl methyl sites for hydroxylation is 2. The van der Waals surface area contributed by atoms with Crippen LogP contribution in [0.3, 0.4) is 0 Å². The largest absolute Gasteiger partial charge is 0.496 e. The number of Topliss-reactive ketones (excluding diaryl/α,β-unsaturated/α-hetero) is 1. The zero-order valence-corrected chi connectivity index (χ0v) is 38.7. The third-order valence-corrected chi connectivity index (χ3v) is 11.5. The van der Waals surface area contributed by atoms with E-state index in [2.05, 4.69) is 19.1 Å². The molecule has 0 N–H and O–H groups in total. The van der Waals surface area contributed by atoms with Crippen molar-refractivity contribution in [2.75, 3.05) is 7.11 Å². The summed E-state index contributed by atoms with van der Waals surface area (Å²) in [7, 11) is 1.67. The Morgan fingerprint density at radius 1 is 0.406 bits per heavy atom. The first kappa shape index (κ1) is 46.8. The SMILES string of the molecule is COc1ccc(C(C)c2ccc(OC(=O)c3ccc(Oc4ccc(C(=O)Oc5ccc(Cc6ccc(OC(=O)c7ccc(Oc8ccc(C(C)=O)cc8)cc7)cc6)cc5)cc4)cc3)c(C)c2)cc1C. The Bertz CT molecular complexity index is 3100. The summed E-state index contributed by atoms with van der Waals surface area (Å²) in [6.07, 6.45) is 0.607. The minimum Gasteiger partial charge on any atom is -0.496 e. The molecule has 8 aromatic carbocycles. The maximum absolute atomic E-state index is 13.1. The van der Waals surface area contributed by atoms with Crippen molar-refractivity contribution in [1.82, 2.24) is 0 Å². The normalized spacial score (nSPS) is 11.2. The summed E-state index contributed by atoms with van der Waals surface area (Å²) < 4.78 is 34.2.